The number of rotatable bonds is 4. The van der Waals surface area contributed by atoms with Crippen molar-refractivity contribution in [3.05, 3.63) is 66.0 Å². The van der Waals surface area contributed by atoms with Gasteiger partial charge in [-0.3, -0.25) is 9.69 Å². The Labute approximate surface area is 146 Å². The molecule has 2 aromatic rings. The van der Waals surface area contributed by atoms with Gasteiger partial charge >= 0.3 is 0 Å². The minimum absolute atomic E-state index is 0.115. The molecule has 25 heavy (non-hydrogen) atoms. The van der Waals surface area contributed by atoms with E-state index in [0.717, 1.165) is 12.1 Å². The molecule has 2 atom stereocenters. The minimum Gasteiger partial charge on any atom is -0.365 e. The third-order valence-corrected chi connectivity index (χ3v) is 4.80. The molecular formula is C20H21FN2O2. The van der Waals surface area contributed by atoms with Crippen molar-refractivity contribution in [1.29, 1.82) is 0 Å². The van der Waals surface area contributed by atoms with E-state index < -0.39 is 6.10 Å². The van der Waals surface area contributed by atoms with Crippen LogP contribution < -0.4 is 5.32 Å². The third-order valence-electron chi connectivity index (χ3n) is 4.80. The Bertz CT molecular complexity index is 748. The first kappa shape index (κ1) is 16.2. The summed E-state index contributed by atoms with van der Waals surface area (Å²) in [4.78, 5) is 15.2. The predicted molar refractivity (Wildman–Crippen MR) is 93.7 cm³/mol. The number of hydrogen-bond acceptors (Lipinski definition) is 3. The number of ether oxygens (including phenoxy) is 1. The van der Waals surface area contributed by atoms with Crippen LogP contribution in [0.4, 0.5) is 10.1 Å². The number of amides is 1. The van der Waals surface area contributed by atoms with Gasteiger partial charge in [-0.15, -0.1) is 0 Å². The van der Waals surface area contributed by atoms with Gasteiger partial charge in [-0.2, -0.15) is 0 Å². The SMILES string of the molecule is O=C(Nc1cccc(F)c1)[C@@H]1OCCN(C2CC2)[C@H]1c1ccccc1. The number of morpholine rings is 1. The predicted octanol–water partition coefficient (Wildman–Crippen LogP) is 3.37. The molecule has 0 unspecified atom stereocenters. The van der Waals surface area contributed by atoms with Crippen molar-refractivity contribution in [2.45, 2.75) is 31.0 Å². The van der Waals surface area contributed by atoms with Gasteiger partial charge < -0.3 is 10.1 Å². The van der Waals surface area contributed by atoms with Gasteiger partial charge in [0.05, 0.1) is 12.6 Å². The Morgan fingerprint density at radius 2 is 1.92 bits per heavy atom. The fourth-order valence-electron chi connectivity index (χ4n) is 3.52. The molecule has 2 aliphatic rings. The second-order valence-corrected chi connectivity index (χ2v) is 6.62. The first-order valence-electron chi connectivity index (χ1n) is 8.71. The molecule has 1 saturated heterocycles. The smallest absolute Gasteiger partial charge is 0.255 e. The summed E-state index contributed by atoms with van der Waals surface area (Å²) < 4.78 is 19.3. The Morgan fingerprint density at radius 3 is 2.64 bits per heavy atom. The molecule has 2 fully saturated rings. The van der Waals surface area contributed by atoms with E-state index >= 15 is 0 Å². The number of nitrogens with one attached hydrogen (secondary N) is 1. The molecule has 1 amide bonds. The zero-order valence-corrected chi connectivity index (χ0v) is 13.9. The van der Waals surface area contributed by atoms with Crippen LogP contribution >= 0.6 is 0 Å². The van der Waals surface area contributed by atoms with E-state index in [2.05, 4.69) is 10.2 Å². The normalized spacial score (nSPS) is 24.0. The highest BCUT2D eigenvalue weighted by Crippen LogP contribution is 2.39. The molecule has 4 nitrogen and oxygen atoms in total. The van der Waals surface area contributed by atoms with Gasteiger partial charge in [0.15, 0.2) is 6.10 Å². The highest BCUT2D eigenvalue weighted by atomic mass is 19.1. The van der Waals surface area contributed by atoms with E-state index in [9.17, 15) is 9.18 Å². The lowest BCUT2D eigenvalue weighted by Crippen LogP contribution is -2.51. The van der Waals surface area contributed by atoms with Crippen LogP contribution in [0.5, 0.6) is 0 Å². The average Bonchev–Trinajstić information content (AvgIpc) is 3.47. The first-order valence-corrected chi connectivity index (χ1v) is 8.71. The van der Waals surface area contributed by atoms with Crippen molar-refractivity contribution in [2.24, 2.45) is 0 Å². The monoisotopic (exact) mass is 340 g/mol. The molecule has 1 N–H and O–H groups in total. The van der Waals surface area contributed by atoms with Crippen LogP contribution in [0.25, 0.3) is 0 Å². The van der Waals surface area contributed by atoms with Crippen LogP contribution in [0.15, 0.2) is 54.6 Å². The number of halogens is 1. The summed E-state index contributed by atoms with van der Waals surface area (Å²) in [5.74, 6) is -0.605. The Morgan fingerprint density at radius 1 is 1.12 bits per heavy atom. The summed E-state index contributed by atoms with van der Waals surface area (Å²) in [5.41, 5.74) is 1.53. The molecule has 0 radical (unpaired) electrons. The van der Waals surface area contributed by atoms with Gasteiger partial charge in [0.1, 0.15) is 5.82 Å². The molecule has 1 heterocycles. The standard InChI is InChI=1S/C20H21FN2O2/c21-15-7-4-8-16(13-15)22-20(24)19-18(14-5-2-1-3-6-14)23(11-12-25-19)17-9-10-17/h1-8,13,17-19H,9-12H2,(H,22,24)/t18-,19+/m0/s1. The summed E-state index contributed by atoms with van der Waals surface area (Å²) >= 11 is 0. The van der Waals surface area contributed by atoms with Gasteiger partial charge in [0, 0.05) is 18.3 Å². The maximum Gasteiger partial charge on any atom is 0.255 e. The molecule has 0 spiro atoms. The second kappa shape index (κ2) is 6.94. The summed E-state index contributed by atoms with van der Waals surface area (Å²) in [6.45, 7) is 1.36. The van der Waals surface area contributed by atoms with Crippen LogP contribution in [0.2, 0.25) is 0 Å². The Balaban J connectivity index is 1.60. The lowest BCUT2D eigenvalue weighted by Gasteiger charge is -2.41. The van der Waals surface area contributed by atoms with E-state index in [1.807, 2.05) is 30.3 Å². The molecule has 0 aromatic heterocycles. The summed E-state index contributed by atoms with van der Waals surface area (Å²) in [6.07, 6.45) is 1.73. The van der Waals surface area contributed by atoms with Crippen molar-refractivity contribution in [3.63, 3.8) is 0 Å². The number of hydrogen-bond donors (Lipinski definition) is 1. The molecule has 4 rings (SSSR count). The number of benzene rings is 2. The highest BCUT2D eigenvalue weighted by Gasteiger charge is 2.44. The van der Waals surface area contributed by atoms with Gasteiger partial charge in [-0.25, -0.2) is 4.39 Å². The van der Waals surface area contributed by atoms with Crippen molar-refractivity contribution < 1.29 is 13.9 Å². The van der Waals surface area contributed by atoms with Crippen LogP contribution in [0.1, 0.15) is 24.4 Å². The van der Waals surface area contributed by atoms with Crippen molar-refractivity contribution >= 4 is 11.6 Å². The minimum atomic E-state index is -0.611. The molecule has 1 saturated carbocycles. The van der Waals surface area contributed by atoms with E-state index in [1.54, 1.807) is 12.1 Å². The molecule has 5 heteroatoms. The van der Waals surface area contributed by atoms with E-state index in [-0.39, 0.29) is 17.8 Å². The average molecular weight is 340 g/mol. The lowest BCUT2D eigenvalue weighted by molar-refractivity contribution is -0.141. The van der Waals surface area contributed by atoms with E-state index in [0.29, 0.717) is 18.3 Å². The maximum absolute atomic E-state index is 13.4. The van der Waals surface area contributed by atoms with E-state index in [4.69, 9.17) is 4.74 Å². The maximum atomic E-state index is 13.4. The lowest BCUT2D eigenvalue weighted by atomic mass is 9.97. The summed E-state index contributed by atoms with van der Waals surface area (Å²) in [6, 6.07) is 16.4. The van der Waals surface area contributed by atoms with Crippen LogP contribution in [-0.2, 0) is 9.53 Å². The molecule has 1 aliphatic heterocycles. The number of carbonyl (C=O) groups excluding carboxylic acids is 1. The molecular weight excluding hydrogens is 319 g/mol. The molecule has 2 aromatic carbocycles. The first-order chi connectivity index (χ1) is 12.2. The largest absolute Gasteiger partial charge is 0.365 e. The fraction of sp³-hybridized carbons (Fsp3) is 0.350. The summed E-state index contributed by atoms with van der Waals surface area (Å²) in [7, 11) is 0. The topological polar surface area (TPSA) is 41.6 Å². The quantitative estimate of drug-likeness (QED) is 0.928. The zero-order valence-electron chi connectivity index (χ0n) is 13.9. The fourth-order valence-corrected chi connectivity index (χ4v) is 3.52. The molecule has 1 aliphatic carbocycles. The van der Waals surface area contributed by atoms with Crippen LogP contribution in [-0.4, -0.2) is 36.1 Å². The van der Waals surface area contributed by atoms with Crippen molar-refractivity contribution in [1.82, 2.24) is 4.90 Å². The van der Waals surface area contributed by atoms with Gasteiger partial charge in [-0.1, -0.05) is 36.4 Å². The molecule has 0 bridgehead atoms. The number of anilines is 1. The van der Waals surface area contributed by atoms with E-state index in [1.165, 1.54) is 25.0 Å². The van der Waals surface area contributed by atoms with Crippen molar-refractivity contribution in [3.8, 4) is 0 Å². The third kappa shape index (κ3) is 3.57. The van der Waals surface area contributed by atoms with Gasteiger partial charge in [0.2, 0.25) is 0 Å². The Kier molecular flexibility index (Phi) is 4.51. The Hall–Kier alpha value is -2.24. The number of nitrogens with zero attached hydrogens (tertiary/aromatic N) is 1. The van der Waals surface area contributed by atoms with Gasteiger partial charge in [0.25, 0.3) is 5.91 Å². The summed E-state index contributed by atoms with van der Waals surface area (Å²) in [5, 5.41) is 2.80. The number of carbonyl (C=O) groups is 1. The van der Waals surface area contributed by atoms with Gasteiger partial charge in [-0.05, 0) is 36.6 Å². The highest BCUT2D eigenvalue weighted by molar-refractivity contribution is 5.94. The zero-order chi connectivity index (χ0) is 17.2. The van der Waals surface area contributed by atoms with Crippen LogP contribution in [0.3, 0.4) is 0 Å². The second-order valence-electron chi connectivity index (χ2n) is 6.62. The molecule has 130 valence electrons. The van der Waals surface area contributed by atoms with Crippen LogP contribution in [0, 0.1) is 5.82 Å². The van der Waals surface area contributed by atoms with Crippen molar-refractivity contribution in [2.75, 3.05) is 18.5 Å².